The van der Waals surface area contributed by atoms with Crippen molar-refractivity contribution in [3.8, 4) is 17.8 Å². The fraction of sp³-hybridized carbons (Fsp3) is 0.176. The van der Waals surface area contributed by atoms with Gasteiger partial charge in [-0.2, -0.15) is 15.6 Å². The fourth-order valence-electron chi connectivity index (χ4n) is 2.53. The molecule has 112 valence electrons. The lowest BCUT2D eigenvalue weighted by Crippen LogP contribution is -2.03. The highest BCUT2D eigenvalue weighted by molar-refractivity contribution is 5.38. The summed E-state index contributed by atoms with van der Waals surface area (Å²) in [4.78, 5) is 3.95. The third-order valence-electron chi connectivity index (χ3n) is 3.59. The topological polar surface area (TPSA) is 83.2 Å². The Balaban J connectivity index is 1.87. The SMILES string of the molecule is Cc1cc(C)n(-c2ccc(Cn3cnc(C#N)c3C#N)cc2)n1. The van der Waals surface area contributed by atoms with E-state index in [9.17, 15) is 0 Å². The van der Waals surface area contributed by atoms with Crippen LogP contribution in [0.4, 0.5) is 0 Å². The molecule has 0 bridgehead atoms. The Morgan fingerprint density at radius 3 is 2.39 bits per heavy atom. The molecule has 0 amide bonds. The molecule has 2 aromatic heterocycles. The molecule has 6 heteroatoms. The van der Waals surface area contributed by atoms with E-state index in [4.69, 9.17) is 10.5 Å². The smallest absolute Gasteiger partial charge is 0.176 e. The summed E-state index contributed by atoms with van der Waals surface area (Å²) in [5.41, 5.74) is 4.52. The van der Waals surface area contributed by atoms with Crippen molar-refractivity contribution in [2.45, 2.75) is 20.4 Å². The first-order valence-electron chi connectivity index (χ1n) is 7.10. The molecule has 0 N–H and O–H groups in total. The molecule has 6 nitrogen and oxygen atoms in total. The van der Waals surface area contributed by atoms with E-state index in [1.165, 1.54) is 6.33 Å². The van der Waals surface area contributed by atoms with Crippen molar-refractivity contribution >= 4 is 0 Å². The van der Waals surface area contributed by atoms with Gasteiger partial charge in [-0.1, -0.05) is 12.1 Å². The molecule has 2 heterocycles. The summed E-state index contributed by atoms with van der Waals surface area (Å²) >= 11 is 0. The molecule has 3 aromatic rings. The average molecular weight is 302 g/mol. The van der Waals surface area contributed by atoms with Crippen molar-refractivity contribution < 1.29 is 0 Å². The summed E-state index contributed by atoms with van der Waals surface area (Å²) in [7, 11) is 0. The van der Waals surface area contributed by atoms with Gasteiger partial charge in [0.1, 0.15) is 12.1 Å². The molecule has 0 atom stereocenters. The maximum absolute atomic E-state index is 9.15. The zero-order valence-electron chi connectivity index (χ0n) is 12.9. The Morgan fingerprint density at radius 1 is 1.09 bits per heavy atom. The number of aromatic nitrogens is 4. The van der Waals surface area contributed by atoms with Gasteiger partial charge in [-0.25, -0.2) is 9.67 Å². The number of imidazole rings is 1. The molecule has 3 rings (SSSR count). The first-order chi connectivity index (χ1) is 11.1. The maximum Gasteiger partial charge on any atom is 0.176 e. The summed E-state index contributed by atoms with van der Waals surface area (Å²) in [6, 6.07) is 13.9. The van der Waals surface area contributed by atoms with Crippen molar-refractivity contribution in [3.05, 3.63) is 65.0 Å². The van der Waals surface area contributed by atoms with Gasteiger partial charge in [-0.15, -0.1) is 0 Å². The molecule has 0 unspecified atom stereocenters. The van der Waals surface area contributed by atoms with E-state index >= 15 is 0 Å². The zero-order chi connectivity index (χ0) is 16.4. The summed E-state index contributed by atoms with van der Waals surface area (Å²) in [5, 5.41) is 22.5. The molecule has 0 saturated carbocycles. The van der Waals surface area contributed by atoms with Crippen LogP contribution in [0.2, 0.25) is 0 Å². The minimum absolute atomic E-state index is 0.159. The van der Waals surface area contributed by atoms with Crippen LogP contribution >= 0.6 is 0 Å². The van der Waals surface area contributed by atoms with Crippen LogP contribution in [0.3, 0.4) is 0 Å². The lowest BCUT2D eigenvalue weighted by Gasteiger charge is -2.07. The molecular formula is C17H14N6. The zero-order valence-corrected chi connectivity index (χ0v) is 12.9. The quantitative estimate of drug-likeness (QED) is 0.744. The van der Waals surface area contributed by atoms with E-state index in [-0.39, 0.29) is 11.4 Å². The highest BCUT2D eigenvalue weighted by Gasteiger charge is 2.10. The van der Waals surface area contributed by atoms with E-state index in [1.54, 1.807) is 4.57 Å². The van der Waals surface area contributed by atoms with E-state index < -0.39 is 0 Å². The lowest BCUT2D eigenvalue weighted by atomic mass is 10.2. The normalized spacial score (nSPS) is 10.3. The Morgan fingerprint density at radius 2 is 1.83 bits per heavy atom. The highest BCUT2D eigenvalue weighted by atomic mass is 15.3. The van der Waals surface area contributed by atoms with Crippen molar-refractivity contribution in [2.75, 3.05) is 0 Å². The van der Waals surface area contributed by atoms with Gasteiger partial charge in [0.15, 0.2) is 11.4 Å². The van der Waals surface area contributed by atoms with Crippen molar-refractivity contribution in [3.63, 3.8) is 0 Å². The standard InChI is InChI=1S/C17H14N6/c1-12-7-13(2)23(21-12)15-5-3-14(4-6-15)10-22-11-20-16(8-18)17(22)9-19/h3-7,11H,10H2,1-2H3. The largest absolute Gasteiger partial charge is 0.317 e. The second-order valence-corrected chi connectivity index (χ2v) is 5.30. The van der Waals surface area contributed by atoms with Crippen LogP contribution in [-0.4, -0.2) is 19.3 Å². The Kier molecular flexibility index (Phi) is 3.66. The van der Waals surface area contributed by atoms with E-state index in [0.717, 1.165) is 22.6 Å². The highest BCUT2D eigenvalue weighted by Crippen LogP contribution is 2.15. The van der Waals surface area contributed by atoms with Crippen molar-refractivity contribution in [1.82, 2.24) is 19.3 Å². The van der Waals surface area contributed by atoms with Crippen LogP contribution in [0, 0.1) is 36.5 Å². The molecule has 0 radical (unpaired) electrons. The molecule has 0 saturated heterocycles. The van der Waals surface area contributed by atoms with E-state index in [0.29, 0.717) is 6.54 Å². The van der Waals surface area contributed by atoms with Crippen LogP contribution < -0.4 is 0 Å². The van der Waals surface area contributed by atoms with Gasteiger partial charge in [0.05, 0.1) is 17.7 Å². The van der Waals surface area contributed by atoms with Crippen molar-refractivity contribution in [2.24, 2.45) is 0 Å². The summed E-state index contributed by atoms with van der Waals surface area (Å²) in [5.74, 6) is 0. The number of aryl methyl sites for hydroxylation is 2. The number of nitriles is 2. The predicted octanol–water partition coefficient (Wildman–Crippen LogP) is 2.48. The second-order valence-electron chi connectivity index (χ2n) is 5.30. The van der Waals surface area contributed by atoms with Crippen LogP contribution in [0.25, 0.3) is 5.69 Å². The van der Waals surface area contributed by atoms with Crippen molar-refractivity contribution in [1.29, 1.82) is 10.5 Å². The third kappa shape index (κ3) is 2.70. The molecular weight excluding hydrogens is 288 g/mol. The lowest BCUT2D eigenvalue weighted by molar-refractivity contribution is 0.782. The van der Waals surface area contributed by atoms with E-state index in [2.05, 4.69) is 10.1 Å². The molecule has 23 heavy (non-hydrogen) atoms. The summed E-state index contributed by atoms with van der Waals surface area (Å²) in [6.07, 6.45) is 1.52. The Hall–Kier alpha value is -3.38. The van der Waals surface area contributed by atoms with Gasteiger partial charge in [-0.05, 0) is 37.6 Å². The summed E-state index contributed by atoms with van der Waals surface area (Å²) < 4.78 is 3.57. The molecule has 0 aliphatic heterocycles. The number of rotatable bonds is 3. The molecule has 0 aliphatic rings. The fourth-order valence-corrected chi connectivity index (χ4v) is 2.53. The van der Waals surface area contributed by atoms with E-state index in [1.807, 2.05) is 61.0 Å². The average Bonchev–Trinajstić information content (AvgIpc) is 3.10. The number of benzene rings is 1. The summed E-state index contributed by atoms with van der Waals surface area (Å²) in [6.45, 7) is 4.48. The predicted molar refractivity (Wildman–Crippen MR) is 83.8 cm³/mol. The first kappa shape index (κ1) is 14.6. The molecule has 0 aliphatic carbocycles. The number of hydrogen-bond acceptors (Lipinski definition) is 4. The molecule has 0 fully saturated rings. The van der Waals surface area contributed by atoms with Gasteiger partial charge >= 0.3 is 0 Å². The van der Waals surface area contributed by atoms with Gasteiger partial charge in [0.25, 0.3) is 0 Å². The minimum atomic E-state index is 0.159. The number of nitrogens with zero attached hydrogens (tertiary/aromatic N) is 6. The van der Waals surface area contributed by atoms with Crippen LogP contribution in [0.5, 0.6) is 0 Å². The first-order valence-corrected chi connectivity index (χ1v) is 7.10. The van der Waals surface area contributed by atoms with Crippen LogP contribution in [0.1, 0.15) is 28.3 Å². The van der Waals surface area contributed by atoms with Crippen LogP contribution in [0.15, 0.2) is 36.7 Å². The Bertz CT molecular complexity index is 931. The van der Waals surface area contributed by atoms with Gasteiger partial charge in [-0.3, -0.25) is 0 Å². The third-order valence-corrected chi connectivity index (χ3v) is 3.59. The van der Waals surface area contributed by atoms with Gasteiger partial charge in [0.2, 0.25) is 0 Å². The Labute approximate surface area is 133 Å². The number of hydrogen-bond donors (Lipinski definition) is 0. The van der Waals surface area contributed by atoms with Crippen LogP contribution in [-0.2, 0) is 6.54 Å². The minimum Gasteiger partial charge on any atom is -0.317 e. The van der Waals surface area contributed by atoms with Gasteiger partial charge in [0, 0.05) is 12.2 Å². The van der Waals surface area contributed by atoms with Gasteiger partial charge < -0.3 is 4.57 Å². The second kappa shape index (κ2) is 5.78. The monoisotopic (exact) mass is 302 g/mol. The molecule has 0 spiro atoms. The maximum atomic E-state index is 9.15. The molecule has 1 aromatic carbocycles.